The average Bonchev–Trinajstić information content (AvgIpc) is 3.08. The van der Waals surface area contributed by atoms with Gasteiger partial charge in [-0.3, -0.25) is 4.18 Å². The van der Waals surface area contributed by atoms with Crippen LogP contribution in [0.4, 0.5) is 28.4 Å². The van der Waals surface area contributed by atoms with Crippen LogP contribution in [0, 0.1) is 0 Å². The minimum absolute atomic E-state index is 0. The molecule has 0 saturated heterocycles. The zero-order chi connectivity index (χ0) is 45.1. The Morgan fingerprint density at radius 3 is 1.59 bits per heavy atom. The second kappa shape index (κ2) is 27.3. The molecule has 0 aliphatic rings. The summed E-state index contributed by atoms with van der Waals surface area (Å²) in [6.07, 6.45) is 0. The Balaban J connectivity index is 0. The normalized spacial score (nSPS) is 12.3. The van der Waals surface area contributed by atoms with Crippen LogP contribution in [0.2, 0.25) is 0 Å². The van der Waals surface area contributed by atoms with Crippen molar-refractivity contribution in [1.29, 1.82) is 0 Å². The minimum Gasteiger partial charge on any atom is -0.871 e. The first kappa shape index (κ1) is 71.3. The third-order valence-electron chi connectivity index (χ3n) is 7.79. The molecule has 38 heteroatoms. The van der Waals surface area contributed by atoms with Crippen molar-refractivity contribution in [3.05, 3.63) is 54.6 Å². The summed E-state index contributed by atoms with van der Waals surface area (Å²) < 4.78 is 204. The molecule has 331 valence electrons. The van der Waals surface area contributed by atoms with Gasteiger partial charge in [0, 0.05) is 10.3 Å². The van der Waals surface area contributed by atoms with Crippen LogP contribution < -0.4 is 273 Å². The quantitative estimate of drug-likeness (QED) is 0.0363. The fourth-order valence-electron chi connectivity index (χ4n) is 5.20. The number of nitrogens with two attached hydrogens (primary N) is 1. The molecular weight excluding hydrogens is 1190 g/mol. The van der Waals surface area contributed by atoms with Crippen LogP contribution in [0.1, 0.15) is 0 Å². The van der Waals surface area contributed by atoms with Crippen molar-refractivity contribution in [2.45, 2.75) is 24.5 Å². The molecule has 26 nitrogen and oxygen atoms in total. The molecule has 5 aromatic rings. The fraction of sp³-hybridized carbons (Fsp3) is 0.0714. The van der Waals surface area contributed by atoms with Crippen molar-refractivity contribution in [3.8, 4) is 17.2 Å². The van der Waals surface area contributed by atoms with Crippen molar-refractivity contribution >= 4 is 111 Å². The summed E-state index contributed by atoms with van der Waals surface area (Å²) >= 11 is 0. The second-order valence-corrected chi connectivity index (χ2v) is 20.2. The Morgan fingerprint density at radius 1 is 0.561 bits per heavy atom. The zero-order valence-electron chi connectivity index (χ0n) is 33.8. The van der Waals surface area contributed by atoms with Crippen LogP contribution >= 0.6 is 0 Å². The van der Waals surface area contributed by atoms with Crippen LogP contribution in [0.25, 0.3) is 21.5 Å². The van der Waals surface area contributed by atoms with E-state index in [1.165, 1.54) is 0 Å². The van der Waals surface area contributed by atoms with Crippen LogP contribution in [0.5, 0.6) is 17.2 Å². The molecule has 66 heavy (non-hydrogen) atoms. The standard InChI is InChI=1S/C28H23N5O21S6.Cu.5K/c29-24-20(57(42,43)44)11-19(56(39,40)41)16-3-4-17(28(36)23(16)24)31-30-13-1-2-15-12(7-13)8-21(58(45,46)47)25(26(15)34)33-32-18-9-14(10-22(27(18)35)59(48,49)50)55(37,38)6-5-54-60(51,52)53;;;;;;/h1-4,7-11,34-36H,5-6,29H2,(H,39,40,41)(H,42,43,44)(H,45,46,47)(H,48,49,50)(H,51,52,53);;;;;;/q;+2;5*+1/p-7. The Bertz CT molecular complexity index is 3460. The van der Waals surface area contributed by atoms with Gasteiger partial charge in [-0.2, -0.15) is 10.2 Å². The number of azo groups is 2. The predicted octanol–water partition coefficient (Wildman–Crippen LogP) is -14.9. The molecule has 0 aliphatic carbocycles. The van der Waals surface area contributed by atoms with Gasteiger partial charge < -0.3 is 43.8 Å². The number of anilines is 1. The number of nitrogen functional groups attached to an aromatic ring is 1. The van der Waals surface area contributed by atoms with Crippen molar-refractivity contribution in [2.75, 3.05) is 18.1 Å². The molecule has 0 saturated carbocycles. The van der Waals surface area contributed by atoms with Crippen LogP contribution in [0.15, 0.2) is 99.5 Å². The van der Waals surface area contributed by atoms with E-state index in [1.54, 1.807) is 0 Å². The SMILES string of the molecule is Nc1c(S(=O)(=O)[O-])cc(S(=O)(=O)[O-])c2ccc(N=Nc3ccc4c([O-])c(N=Nc5cc(S(=O)(=O)CCOS(=O)(=O)[O-])cc(S(=O)(=O)[O-])c5[O-])c(S(=O)(=O)[O-])cc4c3)c(O)c12.[Cu+2].[K+].[K+].[K+].[K+].[K+]. The Labute approximate surface area is 598 Å². The van der Waals surface area contributed by atoms with Gasteiger partial charge >= 0.3 is 274 Å². The Hall–Kier alpha value is 3.18. The number of benzene rings is 5. The van der Waals surface area contributed by atoms with Gasteiger partial charge in [0.1, 0.15) is 46.2 Å². The monoisotopic (exact) mass is 1210 g/mol. The first-order valence-electron chi connectivity index (χ1n) is 15.0. The molecule has 5 rings (SSSR count). The van der Waals surface area contributed by atoms with E-state index in [2.05, 4.69) is 24.6 Å². The van der Waals surface area contributed by atoms with E-state index in [-0.39, 0.29) is 303 Å². The largest absolute Gasteiger partial charge is 2.00 e. The molecule has 0 unspecified atom stereocenters. The van der Waals surface area contributed by atoms with Crippen LogP contribution in [-0.4, -0.2) is 90.7 Å². The Kier molecular flexibility index (Phi) is 29.5. The number of fused-ring (bicyclic) bond motifs is 2. The van der Waals surface area contributed by atoms with Gasteiger partial charge in [-0.1, -0.05) is 23.6 Å². The molecule has 0 spiro atoms. The minimum atomic E-state index is -5.81. The molecule has 5 aromatic carbocycles. The summed E-state index contributed by atoms with van der Waals surface area (Å²) in [6, 6.07) is 5.76. The molecule has 0 aliphatic heterocycles. The van der Waals surface area contributed by atoms with Crippen LogP contribution in [0.3, 0.4) is 0 Å². The number of nitrogens with zero attached hydrogens (tertiary/aromatic N) is 4. The molecule has 0 amide bonds. The molecule has 0 atom stereocenters. The molecule has 0 aromatic heterocycles. The Morgan fingerprint density at radius 2 is 1.08 bits per heavy atom. The van der Waals surface area contributed by atoms with Gasteiger partial charge in [0.15, 0.2) is 15.6 Å². The summed E-state index contributed by atoms with van der Waals surface area (Å²) in [4.78, 5) is -6.99. The first-order chi connectivity index (χ1) is 27.3. The molecular formula is C28H16CuK5N5O21S6. The number of phenolic OH excluding ortho intramolecular Hbond substituents is 1. The van der Waals surface area contributed by atoms with E-state index in [1.807, 2.05) is 0 Å². The van der Waals surface area contributed by atoms with Crippen molar-refractivity contribution in [3.63, 3.8) is 0 Å². The predicted molar refractivity (Wildman–Crippen MR) is 187 cm³/mol. The van der Waals surface area contributed by atoms with E-state index >= 15 is 0 Å². The first-order valence-corrected chi connectivity index (χ1v) is 23.6. The number of sulfone groups is 1. The van der Waals surface area contributed by atoms with Crippen molar-refractivity contribution in [2.24, 2.45) is 20.5 Å². The van der Waals surface area contributed by atoms with E-state index in [0.29, 0.717) is 6.07 Å². The zero-order valence-corrected chi connectivity index (χ0v) is 55.3. The smallest absolute Gasteiger partial charge is 0.871 e. The maximum atomic E-state index is 13.4. The van der Waals surface area contributed by atoms with Gasteiger partial charge in [-0.25, -0.2) is 50.5 Å². The van der Waals surface area contributed by atoms with E-state index < -0.39 is 154 Å². The summed E-state index contributed by atoms with van der Waals surface area (Å²) in [5.41, 5.74) is 1.26. The van der Waals surface area contributed by atoms with E-state index in [9.17, 15) is 88.6 Å². The number of aromatic hydroxyl groups is 1. The van der Waals surface area contributed by atoms with Crippen molar-refractivity contribution < 1.29 is 367 Å². The topological polar surface area (TPSA) is 471 Å². The average molecular weight is 1210 g/mol. The van der Waals surface area contributed by atoms with Crippen molar-refractivity contribution in [1.82, 2.24) is 0 Å². The summed E-state index contributed by atoms with van der Waals surface area (Å²) in [6.45, 7) is -1.31. The molecule has 0 bridgehead atoms. The summed E-state index contributed by atoms with van der Waals surface area (Å²) in [5.74, 6) is -5.66. The molecule has 0 heterocycles. The second-order valence-electron chi connectivity index (χ2n) is 11.6. The molecule has 0 fully saturated rings. The number of rotatable bonds is 13. The van der Waals surface area contributed by atoms with Gasteiger partial charge in [-0.15, -0.1) is 10.2 Å². The number of phenols is 1. The van der Waals surface area contributed by atoms with Gasteiger partial charge in [0.2, 0.25) is 10.4 Å². The maximum absolute atomic E-state index is 13.4. The fourth-order valence-corrected chi connectivity index (χ4v) is 9.45. The molecule has 1 radical (unpaired) electrons. The number of hydrogen-bond donors (Lipinski definition) is 2. The van der Waals surface area contributed by atoms with E-state index in [4.69, 9.17) is 5.73 Å². The van der Waals surface area contributed by atoms with E-state index in [0.717, 1.165) is 30.3 Å². The summed E-state index contributed by atoms with van der Waals surface area (Å²) in [5, 5.41) is 48.8. The van der Waals surface area contributed by atoms with Gasteiger partial charge in [-0.05, 0) is 53.2 Å². The van der Waals surface area contributed by atoms with Gasteiger partial charge in [0.25, 0.3) is 0 Å². The van der Waals surface area contributed by atoms with Gasteiger partial charge in [0.05, 0.1) is 60.1 Å². The molecule has 3 N–H and O–H groups in total. The summed E-state index contributed by atoms with van der Waals surface area (Å²) in [7, 11) is -32.8. The maximum Gasteiger partial charge on any atom is 2.00 e. The number of hydrogen-bond acceptors (Lipinski definition) is 26. The van der Waals surface area contributed by atoms with Crippen LogP contribution in [-0.2, 0) is 82.0 Å². The third-order valence-corrected chi connectivity index (χ3v) is 13.3. The third kappa shape index (κ3) is 17.6.